The van der Waals surface area contributed by atoms with Crippen LogP contribution in [-0.4, -0.2) is 12.5 Å². The number of allylic oxidation sites excluding steroid dienone is 1. The van der Waals surface area contributed by atoms with Crippen LogP contribution in [0.3, 0.4) is 0 Å². The lowest BCUT2D eigenvalue weighted by atomic mass is 10.0. The van der Waals surface area contributed by atoms with Crippen molar-refractivity contribution in [1.82, 2.24) is 0 Å². The Hall–Kier alpha value is -5.28. The number of benzene rings is 4. The van der Waals surface area contributed by atoms with Gasteiger partial charge in [-0.2, -0.15) is 5.26 Å². The number of primary amides is 1. The number of nitrogens with two attached hydrogens (primary N) is 1. The van der Waals surface area contributed by atoms with Gasteiger partial charge in [-0.1, -0.05) is 86.6 Å². The maximum absolute atomic E-state index is 12.5. The molecule has 0 spiro atoms. The molecule has 0 bridgehead atoms. The van der Waals surface area contributed by atoms with Crippen molar-refractivity contribution >= 4 is 40.1 Å². The van der Waals surface area contributed by atoms with Crippen LogP contribution in [0.4, 0.5) is 11.6 Å². The summed E-state index contributed by atoms with van der Waals surface area (Å²) in [6.45, 7) is 5.30. The summed E-state index contributed by atoms with van der Waals surface area (Å²) in [6.07, 6.45) is 1.85. The first-order chi connectivity index (χ1) is 19.9. The van der Waals surface area contributed by atoms with E-state index in [1.807, 2.05) is 114 Å². The number of hydrogen-bond donors (Lipinski definition) is 1. The molecule has 1 aromatic heterocycles. The maximum atomic E-state index is 12.5. The summed E-state index contributed by atoms with van der Waals surface area (Å²) in [7, 11) is 0. The molecule has 6 nitrogen and oxygen atoms in total. The lowest BCUT2D eigenvalue weighted by Gasteiger charge is -2.25. The topological polar surface area (TPSA) is 92.5 Å². The lowest BCUT2D eigenvalue weighted by Crippen LogP contribution is -2.25. The van der Waals surface area contributed by atoms with E-state index in [2.05, 4.69) is 19.9 Å². The minimum absolute atomic E-state index is 0.276. The number of hydrogen-bond acceptors (Lipinski definition) is 5. The van der Waals surface area contributed by atoms with Gasteiger partial charge in [0.15, 0.2) is 0 Å². The number of anilines is 2. The van der Waals surface area contributed by atoms with Crippen molar-refractivity contribution in [3.05, 3.63) is 125 Å². The van der Waals surface area contributed by atoms with E-state index < -0.39 is 5.91 Å². The second kappa shape index (κ2) is 12.3. The smallest absolute Gasteiger partial charge is 0.254 e. The largest absolute Gasteiger partial charge is 0.489 e. The molecule has 0 atom stereocenters. The number of ether oxygens (including phenoxy) is 1. The van der Waals surface area contributed by atoms with Crippen molar-refractivity contribution in [2.75, 3.05) is 11.4 Å². The third kappa shape index (κ3) is 6.32. The van der Waals surface area contributed by atoms with E-state index in [0.717, 1.165) is 28.1 Å². The van der Waals surface area contributed by atoms with E-state index in [0.29, 0.717) is 41.1 Å². The first kappa shape index (κ1) is 27.3. The van der Waals surface area contributed by atoms with E-state index in [9.17, 15) is 10.1 Å². The van der Waals surface area contributed by atoms with Gasteiger partial charge in [-0.05, 0) is 59.0 Å². The SMILES string of the molecule is CC(C)CN(c1ccc(/C(C#N)=C/c2ccc(OCc3ccccc3)cc2)cc1)c1oc2ccccc2c1C(N)=O. The predicted molar refractivity (Wildman–Crippen MR) is 164 cm³/mol. The number of fused-ring (bicyclic) bond motifs is 1. The molecule has 1 heterocycles. The van der Waals surface area contributed by atoms with Gasteiger partial charge < -0.3 is 19.8 Å². The Morgan fingerprint density at radius 1 is 0.951 bits per heavy atom. The normalized spacial score (nSPS) is 11.4. The second-order valence-corrected chi connectivity index (χ2v) is 10.2. The molecule has 0 saturated carbocycles. The number of furan rings is 1. The molecule has 1 amide bonds. The average molecular weight is 542 g/mol. The van der Waals surface area contributed by atoms with Crippen LogP contribution in [-0.2, 0) is 6.61 Å². The highest BCUT2D eigenvalue weighted by Gasteiger charge is 2.25. The summed E-state index contributed by atoms with van der Waals surface area (Å²) in [5.74, 6) is 0.921. The zero-order chi connectivity index (χ0) is 28.8. The molecule has 5 rings (SSSR count). The van der Waals surface area contributed by atoms with Crippen molar-refractivity contribution < 1.29 is 13.9 Å². The van der Waals surface area contributed by atoms with Gasteiger partial charge >= 0.3 is 0 Å². The van der Waals surface area contributed by atoms with Crippen molar-refractivity contribution in [3.63, 3.8) is 0 Å². The van der Waals surface area contributed by atoms with Crippen LogP contribution in [0.1, 0.15) is 40.9 Å². The van der Waals surface area contributed by atoms with Crippen LogP contribution in [0.5, 0.6) is 5.75 Å². The van der Waals surface area contributed by atoms with Crippen molar-refractivity contribution in [2.24, 2.45) is 11.7 Å². The number of rotatable bonds is 10. The molecule has 0 saturated heterocycles. The molecule has 204 valence electrons. The molecular weight excluding hydrogens is 510 g/mol. The fraction of sp³-hybridized carbons (Fsp3) is 0.143. The van der Waals surface area contributed by atoms with E-state index in [1.165, 1.54) is 0 Å². The average Bonchev–Trinajstić information content (AvgIpc) is 3.38. The number of carbonyl (C=O) groups excluding carboxylic acids is 1. The van der Waals surface area contributed by atoms with E-state index in [1.54, 1.807) is 0 Å². The van der Waals surface area contributed by atoms with Gasteiger partial charge in [0, 0.05) is 17.6 Å². The Morgan fingerprint density at radius 2 is 1.63 bits per heavy atom. The molecule has 0 fully saturated rings. The zero-order valence-corrected chi connectivity index (χ0v) is 23.1. The minimum atomic E-state index is -0.540. The molecule has 5 aromatic rings. The van der Waals surface area contributed by atoms with Crippen molar-refractivity contribution in [3.8, 4) is 11.8 Å². The summed E-state index contributed by atoms with van der Waals surface area (Å²) in [6, 6.07) is 35.1. The molecule has 0 aliphatic rings. The van der Waals surface area contributed by atoms with Gasteiger partial charge in [0.25, 0.3) is 5.91 Å². The fourth-order valence-electron chi connectivity index (χ4n) is 4.70. The Bertz CT molecular complexity index is 1710. The summed E-state index contributed by atoms with van der Waals surface area (Å²) in [5, 5.41) is 10.6. The summed E-state index contributed by atoms with van der Waals surface area (Å²) < 4.78 is 12.0. The second-order valence-electron chi connectivity index (χ2n) is 10.2. The van der Waals surface area contributed by atoms with Crippen LogP contribution >= 0.6 is 0 Å². The molecular formula is C35H31N3O3. The number of nitrogens with zero attached hydrogens (tertiary/aromatic N) is 2. The Labute approximate surface area is 239 Å². The highest BCUT2D eigenvalue weighted by Crippen LogP contribution is 2.37. The summed E-state index contributed by atoms with van der Waals surface area (Å²) in [4.78, 5) is 14.5. The third-order valence-electron chi connectivity index (χ3n) is 6.67. The van der Waals surface area contributed by atoms with Gasteiger partial charge in [-0.15, -0.1) is 0 Å². The van der Waals surface area contributed by atoms with Gasteiger partial charge in [-0.3, -0.25) is 4.79 Å². The molecule has 6 heteroatoms. The number of amides is 1. The minimum Gasteiger partial charge on any atom is -0.489 e. The van der Waals surface area contributed by atoms with Gasteiger partial charge in [-0.25, -0.2) is 0 Å². The Kier molecular flexibility index (Phi) is 8.17. The third-order valence-corrected chi connectivity index (χ3v) is 6.67. The lowest BCUT2D eigenvalue weighted by molar-refractivity contribution is 0.100. The van der Waals surface area contributed by atoms with Gasteiger partial charge in [0.2, 0.25) is 5.88 Å². The summed E-state index contributed by atoms with van der Waals surface area (Å²) >= 11 is 0. The molecule has 4 aromatic carbocycles. The standard InChI is InChI=1S/C35H31N3O3/c1-24(2)22-38(35-33(34(37)39)31-10-6-7-11-32(31)41-35)29-16-14-27(15-17-29)28(21-36)20-25-12-18-30(19-13-25)40-23-26-8-4-3-5-9-26/h3-20,24H,22-23H2,1-2H3,(H2,37,39)/b28-20+. The van der Waals surface area contributed by atoms with Crippen LogP contribution in [0, 0.1) is 17.2 Å². The molecule has 0 radical (unpaired) electrons. The van der Waals surface area contributed by atoms with Crippen LogP contribution in [0.2, 0.25) is 0 Å². The maximum Gasteiger partial charge on any atom is 0.254 e. The quantitative estimate of drug-likeness (QED) is 0.143. The molecule has 2 N–H and O–H groups in total. The highest BCUT2D eigenvalue weighted by molar-refractivity contribution is 6.10. The van der Waals surface area contributed by atoms with Crippen molar-refractivity contribution in [1.29, 1.82) is 5.26 Å². The molecule has 0 aliphatic heterocycles. The molecule has 41 heavy (non-hydrogen) atoms. The Morgan fingerprint density at radius 3 is 2.29 bits per heavy atom. The van der Waals surface area contributed by atoms with Crippen LogP contribution in [0.25, 0.3) is 22.6 Å². The fourth-order valence-corrected chi connectivity index (χ4v) is 4.70. The monoisotopic (exact) mass is 541 g/mol. The van der Waals surface area contributed by atoms with E-state index in [-0.39, 0.29) is 5.92 Å². The van der Waals surface area contributed by atoms with Crippen LogP contribution < -0.4 is 15.4 Å². The van der Waals surface area contributed by atoms with Crippen LogP contribution in [0.15, 0.2) is 108 Å². The molecule has 0 unspecified atom stereocenters. The van der Waals surface area contributed by atoms with Gasteiger partial charge in [0.1, 0.15) is 23.5 Å². The number of para-hydroxylation sites is 1. The summed E-state index contributed by atoms with van der Waals surface area (Å²) in [5.41, 5.74) is 10.9. The predicted octanol–water partition coefficient (Wildman–Crippen LogP) is 7.97. The van der Waals surface area contributed by atoms with E-state index in [4.69, 9.17) is 14.9 Å². The van der Waals surface area contributed by atoms with Gasteiger partial charge in [0.05, 0.1) is 11.6 Å². The number of carbonyl (C=O) groups is 1. The van der Waals surface area contributed by atoms with Crippen molar-refractivity contribution in [2.45, 2.75) is 20.5 Å². The number of nitriles is 1. The first-order valence-electron chi connectivity index (χ1n) is 13.5. The molecule has 0 aliphatic carbocycles. The highest BCUT2D eigenvalue weighted by atomic mass is 16.5. The van der Waals surface area contributed by atoms with E-state index >= 15 is 0 Å². The Balaban J connectivity index is 1.39. The first-order valence-corrected chi connectivity index (χ1v) is 13.5. The zero-order valence-electron chi connectivity index (χ0n) is 23.1.